The summed E-state index contributed by atoms with van der Waals surface area (Å²) in [5.41, 5.74) is 1.64. The average molecular weight is 344 g/mol. The molecule has 1 atom stereocenters. The number of methoxy groups -OCH3 is 1. The molecule has 0 bridgehead atoms. The molecule has 0 saturated heterocycles. The Balaban J connectivity index is 2.15. The van der Waals surface area contributed by atoms with Crippen molar-refractivity contribution in [2.45, 2.75) is 44.9 Å². The second-order valence-electron chi connectivity index (χ2n) is 5.84. The van der Waals surface area contributed by atoms with Crippen LogP contribution in [0.1, 0.15) is 50.5 Å². The number of nitrogens with zero attached hydrogens (tertiary/aromatic N) is 1. The van der Waals surface area contributed by atoms with E-state index in [1.165, 1.54) is 19.3 Å². The molecule has 0 aliphatic carbocycles. The molecule has 0 spiro atoms. The van der Waals surface area contributed by atoms with Crippen LogP contribution >= 0.6 is 11.8 Å². The van der Waals surface area contributed by atoms with Crippen molar-refractivity contribution >= 4 is 17.7 Å². The van der Waals surface area contributed by atoms with E-state index in [4.69, 9.17) is 4.74 Å². The third-order valence-electron chi connectivity index (χ3n) is 4.12. The molecule has 128 valence electrons. The van der Waals surface area contributed by atoms with Gasteiger partial charge in [-0.25, -0.2) is 0 Å². The SMILES string of the molecule is CCCCCCSC1=C(C#N)C(c2ccc(OC)cc2)CC(=O)N1. The van der Waals surface area contributed by atoms with E-state index in [-0.39, 0.29) is 11.8 Å². The zero-order valence-electron chi connectivity index (χ0n) is 14.3. The second-order valence-corrected chi connectivity index (χ2v) is 6.95. The van der Waals surface area contributed by atoms with E-state index in [2.05, 4.69) is 18.3 Å². The predicted octanol–water partition coefficient (Wildman–Crippen LogP) is 4.35. The van der Waals surface area contributed by atoms with Crippen molar-refractivity contribution in [3.63, 3.8) is 0 Å². The molecule has 1 aromatic carbocycles. The predicted molar refractivity (Wildman–Crippen MR) is 97.7 cm³/mol. The molecule has 1 N–H and O–H groups in total. The molecule has 24 heavy (non-hydrogen) atoms. The molecule has 0 radical (unpaired) electrons. The van der Waals surface area contributed by atoms with E-state index in [0.717, 1.165) is 28.5 Å². The summed E-state index contributed by atoms with van der Waals surface area (Å²) in [7, 11) is 1.62. The fraction of sp³-hybridized carbons (Fsp3) is 0.474. The van der Waals surface area contributed by atoms with Gasteiger partial charge in [0.05, 0.1) is 23.8 Å². The van der Waals surface area contributed by atoms with Crippen LogP contribution in [0.3, 0.4) is 0 Å². The number of hydrogen-bond acceptors (Lipinski definition) is 4. The van der Waals surface area contributed by atoms with Crippen molar-refractivity contribution in [2.24, 2.45) is 0 Å². The number of carbonyl (C=O) groups excluding carboxylic acids is 1. The average Bonchev–Trinajstić information content (AvgIpc) is 2.61. The number of nitrogens with one attached hydrogen (secondary N) is 1. The highest BCUT2D eigenvalue weighted by molar-refractivity contribution is 8.03. The van der Waals surface area contributed by atoms with Gasteiger partial charge in [0.25, 0.3) is 0 Å². The highest BCUT2D eigenvalue weighted by Crippen LogP contribution is 2.36. The normalized spacial score (nSPS) is 17.4. The molecule has 1 aromatic rings. The maximum Gasteiger partial charge on any atom is 0.225 e. The fourth-order valence-electron chi connectivity index (χ4n) is 2.76. The minimum Gasteiger partial charge on any atom is -0.497 e. The molecule has 1 heterocycles. The smallest absolute Gasteiger partial charge is 0.225 e. The molecule has 2 rings (SSSR count). The first-order valence-corrected chi connectivity index (χ1v) is 9.39. The Morgan fingerprint density at radius 1 is 1.29 bits per heavy atom. The first kappa shape index (κ1) is 18.4. The van der Waals surface area contributed by atoms with Crippen LogP contribution in [0, 0.1) is 11.3 Å². The minimum atomic E-state index is -0.173. The molecule has 4 nitrogen and oxygen atoms in total. The molecule has 1 aliphatic heterocycles. The fourth-order valence-corrected chi connectivity index (χ4v) is 3.84. The van der Waals surface area contributed by atoms with Crippen LogP contribution in [-0.2, 0) is 4.79 Å². The Morgan fingerprint density at radius 3 is 2.67 bits per heavy atom. The monoisotopic (exact) mass is 344 g/mol. The lowest BCUT2D eigenvalue weighted by atomic mass is 9.87. The Bertz CT molecular complexity index is 632. The lowest BCUT2D eigenvalue weighted by Gasteiger charge is -2.25. The van der Waals surface area contributed by atoms with Gasteiger partial charge in [0.15, 0.2) is 0 Å². The van der Waals surface area contributed by atoms with Crippen LogP contribution in [0.25, 0.3) is 0 Å². The van der Waals surface area contributed by atoms with Crippen LogP contribution in [0.5, 0.6) is 5.75 Å². The molecule has 5 heteroatoms. The third kappa shape index (κ3) is 4.78. The van der Waals surface area contributed by atoms with Gasteiger partial charge in [-0.3, -0.25) is 4.79 Å². The van der Waals surface area contributed by atoms with Gasteiger partial charge in [-0.1, -0.05) is 38.3 Å². The van der Waals surface area contributed by atoms with Crippen LogP contribution in [0.4, 0.5) is 0 Å². The van der Waals surface area contributed by atoms with Gasteiger partial charge in [-0.2, -0.15) is 5.26 Å². The highest BCUT2D eigenvalue weighted by Gasteiger charge is 2.29. The number of unbranched alkanes of at least 4 members (excludes halogenated alkanes) is 3. The van der Waals surface area contributed by atoms with Crippen molar-refractivity contribution in [2.75, 3.05) is 12.9 Å². The molecular weight excluding hydrogens is 320 g/mol. The number of hydrogen-bond donors (Lipinski definition) is 1. The lowest BCUT2D eigenvalue weighted by Crippen LogP contribution is -2.30. The van der Waals surface area contributed by atoms with E-state index >= 15 is 0 Å². The summed E-state index contributed by atoms with van der Waals surface area (Å²) >= 11 is 1.59. The number of allylic oxidation sites excluding steroid dienone is 1. The largest absolute Gasteiger partial charge is 0.497 e. The molecule has 0 fully saturated rings. The number of benzene rings is 1. The number of ether oxygens (including phenoxy) is 1. The molecule has 1 amide bonds. The summed E-state index contributed by atoms with van der Waals surface area (Å²) in [6.07, 6.45) is 5.03. The number of thioether (sulfide) groups is 1. The molecule has 0 saturated carbocycles. The Labute approximate surface area is 148 Å². The quantitative estimate of drug-likeness (QED) is 0.712. The first-order chi connectivity index (χ1) is 11.7. The van der Waals surface area contributed by atoms with E-state index in [1.54, 1.807) is 18.9 Å². The standard InChI is InChI=1S/C19H24N2O2S/c1-3-4-5-6-11-24-19-17(13-20)16(12-18(22)21-19)14-7-9-15(23-2)10-8-14/h7-10,16H,3-6,11-12H2,1-2H3,(H,21,22). The Kier molecular flexibility index (Phi) is 7.20. The zero-order chi connectivity index (χ0) is 17.4. The Hall–Kier alpha value is -1.93. The summed E-state index contributed by atoms with van der Waals surface area (Å²) < 4.78 is 5.18. The number of rotatable bonds is 8. The molecule has 1 unspecified atom stereocenters. The van der Waals surface area contributed by atoms with Gasteiger partial charge in [0.2, 0.25) is 5.91 Å². The summed E-state index contributed by atoms with van der Waals surface area (Å²) in [4.78, 5) is 12.1. The van der Waals surface area contributed by atoms with Crippen LogP contribution in [-0.4, -0.2) is 18.8 Å². The molecule has 0 aromatic heterocycles. The van der Waals surface area contributed by atoms with Gasteiger partial charge < -0.3 is 10.1 Å². The topological polar surface area (TPSA) is 62.1 Å². The maximum absolute atomic E-state index is 12.1. The van der Waals surface area contributed by atoms with Crippen molar-refractivity contribution in [3.8, 4) is 11.8 Å². The third-order valence-corrected chi connectivity index (χ3v) is 5.22. The lowest BCUT2D eigenvalue weighted by molar-refractivity contribution is -0.120. The molecule has 1 aliphatic rings. The summed E-state index contributed by atoms with van der Waals surface area (Å²) in [5, 5.41) is 13.2. The second kappa shape index (κ2) is 9.39. The minimum absolute atomic E-state index is 0.0223. The van der Waals surface area contributed by atoms with E-state index in [1.807, 2.05) is 24.3 Å². The number of amides is 1. The number of carbonyl (C=O) groups is 1. The van der Waals surface area contributed by atoms with E-state index in [0.29, 0.717) is 12.0 Å². The van der Waals surface area contributed by atoms with Crippen LogP contribution in [0.15, 0.2) is 34.9 Å². The van der Waals surface area contributed by atoms with Crippen LogP contribution < -0.4 is 10.1 Å². The molecular formula is C19H24N2O2S. The van der Waals surface area contributed by atoms with Crippen LogP contribution in [0.2, 0.25) is 0 Å². The van der Waals surface area contributed by atoms with E-state index < -0.39 is 0 Å². The Morgan fingerprint density at radius 2 is 2.04 bits per heavy atom. The van der Waals surface area contributed by atoms with Gasteiger partial charge >= 0.3 is 0 Å². The van der Waals surface area contributed by atoms with Gasteiger partial charge in [0, 0.05) is 12.3 Å². The van der Waals surface area contributed by atoms with Crippen molar-refractivity contribution in [1.29, 1.82) is 5.26 Å². The van der Waals surface area contributed by atoms with E-state index in [9.17, 15) is 10.1 Å². The summed E-state index contributed by atoms with van der Waals surface area (Å²) in [6, 6.07) is 9.92. The zero-order valence-corrected chi connectivity index (χ0v) is 15.1. The van der Waals surface area contributed by atoms with Crippen molar-refractivity contribution in [3.05, 3.63) is 40.4 Å². The van der Waals surface area contributed by atoms with Gasteiger partial charge in [-0.15, -0.1) is 11.8 Å². The van der Waals surface area contributed by atoms with Gasteiger partial charge in [0.1, 0.15) is 5.75 Å². The maximum atomic E-state index is 12.1. The van der Waals surface area contributed by atoms with Crippen molar-refractivity contribution in [1.82, 2.24) is 5.32 Å². The summed E-state index contributed by atoms with van der Waals surface area (Å²) in [6.45, 7) is 2.18. The summed E-state index contributed by atoms with van der Waals surface area (Å²) in [5.74, 6) is 1.50. The number of nitriles is 1. The van der Waals surface area contributed by atoms with Gasteiger partial charge in [-0.05, 0) is 29.9 Å². The van der Waals surface area contributed by atoms with Crippen molar-refractivity contribution < 1.29 is 9.53 Å². The highest BCUT2D eigenvalue weighted by atomic mass is 32.2. The first-order valence-electron chi connectivity index (χ1n) is 8.40.